The Kier molecular flexibility index (Phi) is 4.39. The van der Waals surface area contributed by atoms with Crippen LogP contribution in [0.4, 0.5) is 11.5 Å². The number of benzene rings is 1. The van der Waals surface area contributed by atoms with Crippen molar-refractivity contribution >= 4 is 11.5 Å². The van der Waals surface area contributed by atoms with Crippen LogP contribution >= 0.6 is 0 Å². The van der Waals surface area contributed by atoms with Gasteiger partial charge < -0.3 is 10.6 Å². The summed E-state index contributed by atoms with van der Waals surface area (Å²) in [6.45, 7) is 2.96. The molecule has 0 fully saturated rings. The second kappa shape index (κ2) is 6.23. The number of pyridine rings is 1. The number of nitrogen functional groups attached to an aromatic ring is 1. The Labute approximate surface area is 115 Å². The fourth-order valence-corrected chi connectivity index (χ4v) is 2.17. The van der Waals surface area contributed by atoms with Crippen molar-refractivity contribution in [1.29, 1.82) is 0 Å². The molecule has 0 aliphatic heterocycles. The lowest BCUT2D eigenvalue weighted by atomic mass is 10.1. The third-order valence-electron chi connectivity index (χ3n) is 3.20. The molecule has 1 aromatic heterocycles. The quantitative estimate of drug-likeness (QED) is 0.893. The van der Waals surface area contributed by atoms with E-state index >= 15 is 0 Å². The second-order valence-corrected chi connectivity index (χ2v) is 4.94. The molecule has 0 saturated carbocycles. The molecule has 3 nitrogen and oxygen atoms in total. The van der Waals surface area contributed by atoms with E-state index in [9.17, 15) is 0 Å². The van der Waals surface area contributed by atoms with Crippen LogP contribution in [0.15, 0.2) is 42.6 Å². The average Bonchev–Trinajstić information content (AvgIpc) is 2.39. The van der Waals surface area contributed by atoms with Crippen LogP contribution in [0.2, 0.25) is 0 Å². The summed E-state index contributed by atoms with van der Waals surface area (Å²) in [4.78, 5) is 6.53. The summed E-state index contributed by atoms with van der Waals surface area (Å²) in [6.07, 6.45) is 4.03. The predicted octanol–water partition coefficient (Wildman–Crippen LogP) is 3.04. The largest absolute Gasteiger partial charge is 0.396 e. The first-order chi connectivity index (χ1) is 9.16. The molecule has 0 bridgehead atoms. The van der Waals surface area contributed by atoms with Crippen molar-refractivity contribution < 1.29 is 0 Å². The molecule has 1 aromatic carbocycles. The van der Waals surface area contributed by atoms with Crippen LogP contribution in [-0.2, 0) is 6.42 Å². The molecule has 2 aromatic rings. The first-order valence-corrected chi connectivity index (χ1v) is 6.64. The molecular formula is C16H21N3. The number of hydrogen-bond donors (Lipinski definition) is 1. The molecule has 0 spiro atoms. The Morgan fingerprint density at radius 3 is 2.63 bits per heavy atom. The van der Waals surface area contributed by atoms with Gasteiger partial charge in [0.2, 0.25) is 0 Å². The summed E-state index contributed by atoms with van der Waals surface area (Å²) in [7, 11) is 2.04. The zero-order chi connectivity index (χ0) is 13.7. The second-order valence-electron chi connectivity index (χ2n) is 4.94. The minimum absolute atomic E-state index is 0.752. The lowest BCUT2D eigenvalue weighted by Gasteiger charge is -2.20. The van der Waals surface area contributed by atoms with Crippen molar-refractivity contribution in [1.82, 2.24) is 4.98 Å². The molecule has 2 N–H and O–H groups in total. The maximum atomic E-state index is 6.00. The first-order valence-electron chi connectivity index (χ1n) is 6.64. The molecule has 2 rings (SSSR count). The molecule has 0 amide bonds. The van der Waals surface area contributed by atoms with E-state index in [2.05, 4.69) is 34.1 Å². The van der Waals surface area contributed by atoms with Crippen molar-refractivity contribution in [3.8, 4) is 0 Å². The van der Waals surface area contributed by atoms with Crippen LogP contribution in [0.25, 0.3) is 0 Å². The van der Waals surface area contributed by atoms with E-state index in [1.165, 1.54) is 5.56 Å². The highest BCUT2D eigenvalue weighted by atomic mass is 15.2. The fraction of sp³-hybridized carbons (Fsp3) is 0.312. The third kappa shape index (κ3) is 3.71. The minimum Gasteiger partial charge on any atom is -0.396 e. The van der Waals surface area contributed by atoms with Gasteiger partial charge >= 0.3 is 0 Å². The number of rotatable bonds is 5. The van der Waals surface area contributed by atoms with Crippen molar-refractivity contribution in [3.63, 3.8) is 0 Å². The van der Waals surface area contributed by atoms with Crippen LogP contribution in [-0.4, -0.2) is 18.6 Å². The Morgan fingerprint density at radius 1 is 1.21 bits per heavy atom. The third-order valence-corrected chi connectivity index (χ3v) is 3.20. The van der Waals surface area contributed by atoms with Gasteiger partial charge in [-0.15, -0.1) is 0 Å². The van der Waals surface area contributed by atoms with Gasteiger partial charge in [-0.1, -0.05) is 30.3 Å². The van der Waals surface area contributed by atoms with E-state index in [0.717, 1.165) is 36.5 Å². The molecule has 1 heterocycles. The predicted molar refractivity (Wildman–Crippen MR) is 81.4 cm³/mol. The van der Waals surface area contributed by atoms with Crippen LogP contribution < -0.4 is 10.6 Å². The lowest BCUT2D eigenvalue weighted by Crippen LogP contribution is -2.21. The maximum Gasteiger partial charge on any atom is 0.151 e. The van der Waals surface area contributed by atoms with Crippen LogP contribution in [0.5, 0.6) is 0 Å². The molecule has 19 heavy (non-hydrogen) atoms. The number of aromatic nitrogens is 1. The number of aryl methyl sites for hydroxylation is 2. The van der Waals surface area contributed by atoms with Crippen molar-refractivity contribution in [2.75, 3.05) is 24.2 Å². The summed E-state index contributed by atoms with van der Waals surface area (Å²) in [5, 5.41) is 0. The molecule has 0 atom stereocenters. The Hall–Kier alpha value is -2.03. The normalized spacial score (nSPS) is 10.4. The Bertz CT molecular complexity index is 523. The van der Waals surface area contributed by atoms with E-state index in [0.29, 0.717) is 0 Å². The van der Waals surface area contributed by atoms with Gasteiger partial charge in [0.1, 0.15) is 0 Å². The Balaban J connectivity index is 1.89. The van der Waals surface area contributed by atoms with Crippen molar-refractivity contribution in [2.45, 2.75) is 19.8 Å². The molecule has 0 aliphatic rings. The Morgan fingerprint density at radius 2 is 1.95 bits per heavy atom. The van der Waals surface area contributed by atoms with Gasteiger partial charge in [0.05, 0.1) is 5.69 Å². The van der Waals surface area contributed by atoms with E-state index in [4.69, 9.17) is 5.73 Å². The summed E-state index contributed by atoms with van der Waals surface area (Å²) in [5.74, 6) is 0.874. The van der Waals surface area contributed by atoms with Gasteiger partial charge in [-0.05, 0) is 37.0 Å². The molecule has 100 valence electrons. The molecule has 3 heteroatoms. The van der Waals surface area contributed by atoms with Gasteiger partial charge in [-0.2, -0.15) is 0 Å². The maximum absolute atomic E-state index is 6.00. The summed E-state index contributed by atoms with van der Waals surface area (Å²) < 4.78 is 0. The standard InChI is InChI=1S/C16H21N3/c1-13-11-15(17)16(18-12-13)19(2)10-6-9-14-7-4-3-5-8-14/h3-5,7-8,11-12H,6,9-10,17H2,1-2H3. The molecule has 0 unspecified atom stereocenters. The number of nitrogens with zero attached hydrogens (tertiary/aromatic N) is 2. The first kappa shape index (κ1) is 13.4. The minimum atomic E-state index is 0.752. The number of hydrogen-bond acceptors (Lipinski definition) is 3. The van der Waals surface area contributed by atoms with Crippen LogP contribution in [0, 0.1) is 6.92 Å². The van der Waals surface area contributed by atoms with Crippen molar-refractivity contribution in [3.05, 3.63) is 53.7 Å². The molecule has 0 aliphatic carbocycles. The monoisotopic (exact) mass is 255 g/mol. The summed E-state index contributed by atoms with van der Waals surface area (Å²) in [6, 6.07) is 12.5. The van der Waals surface area contributed by atoms with Crippen LogP contribution in [0.1, 0.15) is 17.5 Å². The zero-order valence-electron chi connectivity index (χ0n) is 11.6. The smallest absolute Gasteiger partial charge is 0.151 e. The zero-order valence-corrected chi connectivity index (χ0v) is 11.6. The lowest BCUT2D eigenvalue weighted by molar-refractivity contribution is 0.778. The van der Waals surface area contributed by atoms with Gasteiger partial charge in [0, 0.05) is 19.8 Å². The van der Waals surface area contributed by atoms with Crippen molar-refractivity contribution in [2.24, 2.45) is 0 Å². The summed E-state index contributed by atoms with van der Waals surface area (Å²) >= 11 is 0. The topological polar surface area (TPSA) is 42.2 Å². The van der Waals surface area contributed by atoms with Gasteiger partial charge in [-0.25, -0.2) is 4.98 Å². The molecular weight excluding hydrogens is 234 g/mol. The summed E-state index contributed by atoms with van der Waals surface area (Å²) in [5.41, 5.74) is 9.22. The van der Waals surface area contributed by atoms with E-state index < -0.39 is 0 Å². The highest BCUT2D eigenvalue weighted by Crippen LogP contribution is 2.19. The molecule has 0 radical (unpaired) electrons. The van der Waals surface area contributed by atoms with Crippen LogP contribution in [0.3, 0.4) is 0 Å². The number of anilines is 2. The molecule has 0 saturated heterocycles. The van der Waals surface area contributed by atoms with E-state index in [-0.39, 0.29) is 0 Å². The van der Waals surface area contributed by atoms with E-state index in [1.54, 1.807) is 0 Å². The van der Waals surface area contributed by atoms with Gasteiger partial charge in [0.15, 0.2) is 5.82 Å². The van der Waals surface area contributed by atoms with Gasteiger partial charge in [0.25, 0.3) is 0 Å². The van der Waals surface area contributed by atoms with E-state index in [1.807, 2.05) is 32.3 Å². The SMILES string of the molecule is Cc1cnc(N(C)CCCc2ccccc2)c(N)c1. The highest BCUT2D eigenvalue weighted by molar-refractivity contribution is 5.62. The average molecular weight is 255 g/mol. The highest BCUT2D eigenvalue weighted by Gasteiger charge is 2.06. The number of nitrogens with two attached hydrogens (primary N) is 1. The fourth-order valence-electron chi connectivity index (χ4n) is 2.17. The van der Waals surface area contributed by atoms with Gasteiger partial charge in [-0.3, -0.25) is 0 Å².